The molecule has 1 saturated heterocycles. The summed E-state index contributed by atoms with van der Waals surface area (Å²) in [5, 5.41) is 2.80. The van der Waals surface area contributed by atoms with Crippen LogP contribution in [0.25, 0.3) is 10.8 Å². The molecule has 1 fully saturated rings. The molecule has 1 atom stereocenters. The van der Waals surface area contributed by atoms with Gasteiger partial charge >= 0.3 is 0 Å². The summed E-state index contributed by atoms with van der Waals surface area (Å²) in [6.45, 7) is 2.06. The second-order valence-corrected chi connectivity index (χ2v) is 6.80. The Morgan fingerprint density at radius 2 is 1.89 bits per heavy atom. The van der Waals surface area contributed by atoms with E-state index in [1.807, 2.05) is 48.7 Å². The highest BCUT2D eigenvalue weighted by Crippen LogP contribution is 2.37. The van der Waals surface area contributed by atoms with E-state index >= 15 is 0 Å². The Bertz CT molecular complexity index is 963. The smallest absolute Gasteiger partial charge is 0.161 e. The number of rotatable bonds is 4. The van der Waals surface area contributed by atoms with Gasteiger partial charge in [0.1, 0.15) is 11.9 Å². The summed E-state index contributed by atoms with van der Waals surface area (Å²) in [5.74, 6) is 2.31. The number of aromatic nitrogens is 1. The summed E-state index contributed by atoms with van der Waals surface area (Å²) in [4.78, 5) is 6.89. The molecule has 1 aliphatic heterocycles. The van der Waals surface area contributed by atoms with Gasteiger partial charge < -0.3 is 19.1 Å². The fourth-order valence-electron chi connectivity index (χ4n) is 3.50. The lowest BCUT2D eigenvalue weighted by Crippen LogP contribution is -2.39. The molecule has 0 radical (unpaired) electrons. The van der Waals surface area contributed by atoms with Crippen LogP contribution in [0.1, 0.15) is 11.7 Å². The van der Waals surface area contributed by atoms with Crippen molar-refractivity contribution in [1.82, 2.24) is 4.98 Å². The van der Waals surface area contributed by atoms with Crippen LogP contribution in [0.15, 0.2) is 48.7 Å². The van der Waals surface area contributed by atoms with Crippen LogP contribution in [0.2, 0.25) is 5.02 Å². The lowest BCUT2D eigenvalue weighted by molar-refractivity contribution is 0.0397. The maximum absolute atomic E-state index is 6.37. The van der Waals surface area contributed by atoms with Gasteiger partial charge in [0.25, 0.3) is 0 Å². The van der Waals surface area contributed by atoms with Gasteiger partial charge in [-0.05, 0) is 29.7 Å². The third kappa shape index (κ3) is 3.40. The van der Waals surface area contributed by atoms with Crippen LogP contribution in [-0.4, -0.2) is 38.9 Å². The van der Waals surface area contributed by atoms with Gasteiger partial charge in [0.05, 0.1) is 20.8 Å². The van der Waals surface area contributed by atoms with E-state index in [9.17, 15) is 0 Å². The minimum absolute atomic E-state index is 0.0929. The van der Waals surface area contributed by atoms with Crippen molar-refractivity contribution in [1.29, 1.82) is 0 Å². The molecule has 2 aromatic carbocycles. The zero-order chi connectivity index (χ0) is 18.8. The number of benzene rings is 2. The monoisotopic (exact) mass is 384 g/mol. The second-order valence-electron chi connectivity index (χ2n) is 6.39. The molecule has 0 aliphatic carbocycles. The summed E-state index contributed by atoms with van der Waals surface area (Å²) in [6.07, 6.45) is 1.73. The normalized spacial score (nSPS) is 17.1. The average Bonchev–Trinajstić information content (AvgIpc) is 2.72. The van der Waals surface area contributed by atoms with E-state index in [1.54, 1.807) is 14.2 Å². The molecular formula is C21H21ClN2O3. The van der Waals surface area contributed by atoms with Crippen LogP contribution in [0.3, 0.4) is 0 Å². The Kier molecular flexibility index (Phi) is 5.05. The van der Waals surface area contributed by atoms with Gasteiger partial charge in [-0.2, -0.15) is 0 Å². The van der Waals surface area contributed by atoms with Gasteiger partial charge in [0, 0.05) is 35.3 Å². The third-order valence-electron chi connectivity index (χ3n) is 4.87. The number of halogens is 1. The van der Waals surface area contributed by atoms with Gasteiger partial charge in [0.2, 0.25) is 0 Å². The summed E-state index contributed by atoms with van der Waals surface area (Å²) < 4.78 is 16.9. The average molecular weight is 385 g/mol. The highest BCUT2D eigenvalue weighted by Gasteiger charge is 2.25. The molecule has 1 unspecified atom stereocenters. The summed E-state index contributed by atoms with van der Waals surface area (Å²) in [5.41, 5.74) is 1.00. The van der Waals surface area contributed by atoms with Crippen molar-refractivity contribution in [2.45, 2.75) is 6.10 Å². The minimum atomic E-state index is -0.0929. The molecule has 1 aromatic heterocycles. The largest absolute Gasteiger partial charge is 0.493 e. The van der Waals surface area contributed by atoms with Gasteiger partial charge in [0.15, 0.2) is 11.5 Å². The molecule has 0 saturated carbocycles. The minimum Gasteiger partial charge on any atom is -0.493 e. The standard InChI is InChI=1S/C21H21ClN2O3/c1-25-18-11-14-7-8-23-21(16(14)12-19(18)26-2)24-9-10-27-20(13-24)15-5-3-4-6-17(15)22/h3-8,11-12,20H,9-10,13H2,1-2H3. The van der Waals surface area contributed by atoms with E-state index in [4.69, 9.17) is 25.8 Å². The van der Waals surface area contributed by atoms with Crippen molar-refractivity contribution in [2.24, 2.45) is 0 Å². The molecule has 3 aromatic rings. The Morgan fingerprint density at radius 3 is 2.67 bits per heavy atom. The number of pyridine rings is 1. The van der Waals surface area contributed by atoms with Crippen LogP contribution in [0.4, 0.5) is 5.82 Å². The van der Waals surface area contributed by atoms with E-state index in [2.05, 4.69) is 9.88 Å². The van der Waals surface area contributed by atoms with Crippen LogP contribution in [0, 0.1) is 0 Å². The maximum Gasteiger partial charge on any atom is 0.161 e. The summed E-state index contributed by atoms with van der Waals surface area (Å²) in [7, 11) is 3.28. The van der Waals surface area contributed by atoms with Crippen LogP contribution in [-0.2, 0) is 4.74 Å². The predicted molar refractivity (Wildman–Crippen MR) is 107 cm³/mol. The molecule has 1 aliphatic rings. The second kappa shape index (κ2) is 7.62. The van der Waals surface area contributed by atoms with Crippen molar-refractivity contribution in [3.63, 3.8) is 0 Å². The first-order chi connectivity index (χ1) is 13.2. The van der Waals surface area contributed by atoms with Crippen LogP contribution >= 0.6 is 11.6 Å². The van der Waals surface area contributed by atoms with Crippen LogP contribution < -0.4 is 14.4 Å². The quantitative estimate of drug-likeness (QED) is 0.663. The topological polar surface area (TPSA) is 43.8 Å². The van der Waals surface area contributed by atoms with E-state index < -0.39 is 0 Å². The molecule has 0 bridgehead atoms. The van der Waals surface area contributed by atoms with Gasteiger partial charge in [-0.1, -0.05) is 29.8 Å². The highest BCUT2D eigenvalue weighted by molar-refractivity contribution is 6.31. The zero-order valence-corrected chi connectivity index (χ0v) is 16.1. The molecule has 0 spiro atoms. The number of nitrogens with zero attached hydrogens (tertiary/aromatic N) is 2. The lowest BCUT2D eigenvalue weighted by Gasteiger charge is -2.35. The van der Waals surface area contributed by atoms with Gasteiger partial charge in [-0.15, -0.1) is 0 Å². The zero-order valence-electron chi connectivity index (χ0n) is 15.3. The Labute approximate surface area is 163 Å². The first kappa shape index (κ1) is 17.9. The van der Waals surface area contributed by atoms with Crippen LogP contribution in [0.5, 0.6) is 11.5 Å². The molecule has 2 heterocycles. The number of anilines is 1. The number of ether oxygens (including phenoxy) is 3. The van der Waals surface area contributed by atoms with Crippen molar-refractivity contribution >= 4 is 28.2 Å². The molecule has 0 N–H and O–H groups in total. The van der Waals surface area contributed by atoms with Crippen molar-refractivity contribution in [3.05, 3.63) is 59.2 Å². The molecule has 140 valence electrons. The number of hydrogen-bond donors (Lipinski definition) is 0. The van der Waals surface area contributed by atoms with Gasteiger partial charge in [-0.3, -0.25) is 0 Å². The first-order valence-electron chi connectivity index (χ1n) is 8.83. The van der Waals surface area contributed by atoms with E-state index in [0.29, 0.717) is 24.7 Å². The first-order valence-corrected chi connectivity index (χ1v) is 9.20. The number of methoxy groups -OCH3 is 2. The number of hydrogen-bond acceptors (Lipinski definition) is 5. The van der Waals surface area contributed by atoms with Crippen molar-refractivity contribution in [2.75, 3.05) is 38.8 Å². The van der Waals surface area contributed by atoms with Crippen molar-refractivity contribution in [3.8, 4) is 11.5 Å². The third-order valence-corrected chi connectivity index (χ3v) is 5.21. The molecule has 4 rings (SSSR count). The molecule has 0 amide bonds. The van der Waals surface area contributed by atoms with Gasteiger partial charge in [-0.25, -0.2) is 4.98 Å². The van der Waals surface area contributed by atoms with E-state index in [0.717, 1.165) is 33.7 Å². The highest BCUT2D eigenvalue weighted by atomic mass is 35.5. The lowest BCUT2D eigenvalue weighted by atomic mass is 10.1. The Hall–Kier alpha value is -2.50. The maximum atomic E-state index is 6.37. The fraction of sp³-hybridized carbons (Fsp3) is 0.286. The SMILES string of the molecule is COc1cc2ccnc(N3CCOC(c4ccccc4Cl)C3)c2cc1OC. The molecule has 5 nitrogen and oxygen atoms in total. The summed E-state index contributed by atoms with van der Waals surface area (Å²) in [6, 6.07) is 13.8. The predicted octanol–water partition coefficient (Wildman–Crippen LogP) is 4.48. The van der Waals surface area contributed by atoms with E-state index in [1.165, 1.54) is 0 Å². The molecule has 27 heavy (non-hydrogen) atoms. The molecule has 6 heteroatoms. The summed E-state index contributed by atoms with van der Waals surface area (Å²) >= 11 is 6.37. The van der Waals surface area contributed by atoms with Crippen molar-refractivity contribution < 1.29 is 14.2 Å². The Morgan fingerprint density at radius 1 is 1.11 bits per heavy atom. The number of fused-ring (bicyclic) bond motifs is 1. The fourth-order valence-corrected chi connectivity index (χ4v) is 3.76. The van der Waals surface area contributed by atoms with E-state index in [-0.39, 0.29) is 6.10 Å². The number of morpholine rings is 1. The Balaban J connectivity index is 1.72. The molecular weight excluding hydrogens is 364 g/mol.